The zero-order valence-corrected chi connectivity index (χ0v) is 18.4. The molecule has 0 unspecified atom stereocenters. The van der Waals surface area contributed by atoms with Crippen LogP contribution < -0.4 is 0 Å². The van der Waals surface area contributed by atoms with Crippen molar-refractivity contribution in [2.75, 3.05) is 0 Å². The van der Waals surface area contributed by atoms with Crippen molar-refractivity contribution in [2.24, 2.45) is 0 Å². The van der Waals surface area contributed by atoms with Crippen LogP contribution in [-0.4, -0.2) is 21.6 Å². The van der Waals surface area contributed by atoms with Crippen molar-refractivity contribution in [3.05, 3.63) is 53.1 Å². The fourth-order valence-electron chi connectivity index (χ4n) is 2.38. The molecule has 1 rings (SSSR count). The van der Waals surface area contributed by atoms with Crippen LogP contribution in [0.3, 0.4) is 0 Å². The second-order valence-corrected chi connectivity index (χ2v) is 24.9. The molecule has 0 N–H and O–H groups in total. The molecular formula is C19H30SSn. The van der Waals surface area contributed by atoms with Gasteiger partial charge < -0.3 is 0 Å². The van der Waals surface area contributed by atoms with Gasteiger partial charge in [-0.1, -0.05) is 0 Å². The van der Waals surface area contributed by atoms with E-state index >= 15 is 0 Å². The van der Waals surface area contributed by atoms with Crippen LogP contribution in [0.4, 0.5) is 0 Å². The first kappa shape index (κ1) is 18.9. The van der Waals surface area contributed by atoms with Crippen molar-refractivity contribution in [3.63, 3.8) is 0 Å². The SMILES string of the molecule is C=C/C=C/C[C@H](Sc1c(C)c(C)cc(C)c1C)[Sn]([CH3])([CH3])[CH3]. The van der Waals surface area contributed by atoms with Gasteiger partial charge in [0.25, 0.3) is 0 Å². The molecule has 0 spiro atoms. The molecule has 0 fully saturated rings. The normalized spacial score (nSPS) is 13.7. The number of allylic oxidation sites excluding steroid dienone is 3. The van der Waals surface area contributed by atoms with E-state index in [0.29, 0.717) is 0 Å². The fraction of sp³-hybridized carbons (Fsp3) is 0.474. The Morgan fingerprint density at radius 3 is 2.05 bits per heavy atom. The first-order chi connectivity index (χ1) is 9.68. The first-order valence-corrected chi connectivity index (χ1v) is 18.8. The monoisotopic (exact) mass is 410 g/mol. The van der Waals surface area contributed by atoms with Gasteiger partial charge in [0.05, 0.1) is 0 Å². The molecule has 0 saturated heterocycles. The summed E-state index contributed by atoms with van der Waals surface area (Å²) in [6, 6.07) is 2.32. The van der Waals surface area contributed by atoms with Gasteiger partial charge in [-0.25, -0.2) is 0 Å². The summed E-state index contributed by atoms with van der Waals surface area (Å²) >= 11 is 0.148. The maximum absolute atomic E-state index is 3.78. The molecule has 1 atom stereocenters. The van der Waals surface area contributed by atoms with Crippen molar-refractivity contribution in [3.8, 4) is 0 Å². The Bertz CT molecular complexity index is 509. The van der Waals surface area contributed by atoms with Crippen LogP contribution in [0.2, 0.25) is 14.8 Å². The van der Waals surface area contributed by atoms with Gasteiger partial charge in [-0.2, -0.15) is 0 Å². The van der Waals surface area contributed by atoms with E-state index in [2.05, 4.69) is 79.1 Å². The molecule has 0 aromatic heterocycles. The van der Waals surface area contributed by atoms with Crippen LogP contribution in [0, 0.1) is 27.7 Å². The van der Waals surface area contributed by atoms with E-state index in [1.165, 1.54) is 33.6 Å². The Balaban J connectivity index is 3.15. The van der Waals surface area contributed by atoms with E-state index in [1.807, 2.05) is 6.08 Å². The molecular weight excluding hydrogens is 379 g/mol. The van der Waals surface area contributed by atoms with Crippen molar-refractivity contribution < 1.29 is 0 Å². The molecule has 0 aliphatic carbocycles. The molecule has 1 aromatic carbocycles. The van der Waals surface area contributed by atoms with Crippen molar-refractivity contribution in [1.82, 2.24) is 0 Å². The van der Waals surface area contributed by atoms with Gasteiger partial charge in [0.1, 0.15) is 0 Å². The molecule has 21 heavy (non-hydrogen) atoms. The molecule has 0 aliphatic rings. The van der Waals surface area contributed by atoms with Gasteiger partial charge in [-0.3, -0.25) is 0 Å². The Labute approximate surface area is 140 Å². The number of benzene rings is 1. The Morgan fingerprint density at radius 1 is 1.10 bits per heavy atom. The molecule has 0 radical (unpaired) electrons. The summed E-state index contributed by atoms with van der Waals surface area (Å²) in [6.07, 6.45) is 7.43. The molecule has 0 aliphatic heterocycles. The van der Waals surface area contributed by atoms with Crippen LogP contribution in [0.5, 0.6) is 0 Å². The van der Waals surface area contributed by atoms with E-state index in [9.17, 15) is 0 Å². The van der Waals surface area contributed by atoms with Gasteiger partial charge in [0.15, 0.2) is 0 Å². The predicted molar refractivity (Wildman–Crippen MR) is 102 cm³/mol. The minimum atomic E-state index is -1.99. The van der Waals surface area contributed by atoms with E-state index < -0.39 is 18.4 Å². The summed E-state index contributed by atoms with van der Waals surface area (Å²) in [5.41, 5.74) is 5.78. The van der Waals surface area contributed by atoms with Crippen molar-refractivity contribution in [1.29, 1.82) is 0 Å². The second kappa shape index (κ2) is 7.91. The van der Waals surface area contributed by atoms with Gasteiger partial charge in [0.2, 0.25) is 0 Å². The first-order valence-electron chi connectivity index (χ1n) is 7.70. The average Bonchev–Trinajstić information content (AvgIpc) is 2.38. The molecule has 0 nitrogen and oxygen atoms in total. The predicted octanol–water partition coefficient (Wildman–Crippen LogP) is 6.39. The Hall–Kier alpha value is -0.151. The number of hydrogen-bond donors (Lipinski definition) is 0. The molecule has 116 valence electrons. The number of rotatable bonds is 6. The van der Waals surface area contributed by atoms with E-state index in [-0.39, 0.29) is 0 Å². The van der Waals surface area contributed by atoms with Gasteiger partial charge in [-0.15, -0.1) is 0 Å². The minimum absolute atomic E-state index is 0.772. The van der Waals surface area contributed by atoms with Crippen LogP contribution in [0.25, 0.3) is 0 Å². The summed E-state index contributed by atoms with van der Waals surface area (Å²) < 4.78 is 0.772. The molecule has 0 saturated carbocycles. The quantitative estimate of drug-likeness (QED) is 0.298. The molecule has 1 aromatic rings. The third kappa shape index (κ3) is 5.21. The summed E-state index contributed by atoms with van der Waals surface area (Å²) in [5.74, 6) is 0. The Morgan fingerprint density at radius 2 is 1.62 bits per heavy atom. The zero-order chi connectivity index (χ0) is 16.2. The number of thioether (sulfide) groups is 1. The Kier molecular flexibility index (Phi) is 7.12. The van der Waals surface area contributed by atoms with E-state index in [0.717, 1.165) is 3.27 Å². The zero-order valence-electron chi connectivity index (χ0n) is 14.7. The van der Waals surface area contributed by atoms with Crippen LogP contribution in [0.15, 0.2) is 35.8 Å². The van der Waals surface area contributed by atoms with Crippen molar-refractivity contribution in [2.45, 2.75) is 57.1 Å². The topological polar surface area (TPSA) is 0 Å². The third-order valence-corrected chi connectivity index (χ3v) is 17.4. The number of hydrogen-bond acceptors (Lipinski definition) is 1. The van der Waals surface area contributed by atoms with E-state index in [1.54, 1.807) is 0 Å². The standard InChI is InChI=1S/C16H21S.3CH3.Sn/c1-6-7-8-9-10-17-16-14(4)12(2)11-13(3)15(16)5;;;;/h6-8,10-11H,1,9H2,2-5H3;3*1H3;/b8-7+;;;;. The maximum atomic E-state index is 3.78. The van der Waals surface area contributed by atoms with Gasteiger partial charge >= 0.3 is 140 Å². The number of aryl methyl sites for hydroxylation is 2. The van der Waals surface area contributed by atoms with Crippen LogP contribution in [-0.2, 0) is 0 Å². The summed E-state index contributed by atoms with van der Waals surface area (Å²) in [7, 11) is 0. The molecule has 0 heterocycles. The molecule has 0 bridgehead atoms. The van der Waals surface area contributed by atoms with Gasteiger partial charge in [0, 0.05) is 0 Å². The second-order valence-electron chi connectivity index (χ2n) is 6.96. The fourth-order valence-corrected chi connectivity index (χ4v) is 10.3. The van der Waals surface area contributed by atoms with E-state index in [4.69, 9.17) is 0 Å². The molecule has 0 amide bonds. The van der Waals surface area contributed by atoms with Crippen molar-refractivity contribution >= 4 is 30.1 Å². The molecule has 2 heteroatoms. The summed E-state index contributed by atoms with van der Waals surface area (Å²) in [5, 5.41) is 0. The van der Waals surface area contributed by atoms with Crippen LogP contribution in [0.1, 0.15) is 28.7 Å². The van der Waals surface area contributed by atoms with Crippen LogP contribution >= 0.6 is 11.8 Å². The third-order valence-electron chi connectivity index (χ3n) is 4.15. The summed E-state index contributed by atoms with van der Waals surface area (Å²) in [6.45, 7) is 12.8. The average molecular weight is 409 g/mol. The summed E-state index contributed by atoms with van der Waals surface area (Å²) in [4.78, 5) is 9.15. The van der Waals surface area contributed by atoms with Gasteiger partial charge in [-0.05, 0) is 0 Å².